The second kappa shape index (κ2) is 3.72. The molecule has 2 aromatic heterocycles. The molecule has 0 amide bonds. The van der Waals surface area contributed by atoms with Gasteiger partial charge in [0.1, 0.15) is 5.82 Å². The van der Waals surface area contributed by atoms with Crippen LogP contribution < -0.4 is 5.73 Å². The summed E-state index contributed by atoms with van der Waals surface area (Å²) in [5.74, 6) is 0.674. The highest BCUT2D eigenvalue weighted by Gasteiger charge is 2.18. The molecule has 4 heteroatoms. The molecule has 0 atom stereocenters. The quantitative estimate of drug-likeness (QED) is 0.843. The first-order valence-electron chi connectivity index (χ1n) is 4.73. The van der Waals surface area contributed by atoms with Crippen LogP contribution in [0.4, 0.5) is 0 Å². The van der Waals surface area contributed by atoms with E-state index in [4.69, 9.17) is 5.73 Å². The minimum absolute atomic E-state index is 0.493. The van der Waals surface area contributed by atoms with Crippen LogP contribution in [0.2, 0.25) is 0 Å². The molecule has 2 heterocycles. The SMILES string of the molecule is CC(C)(N)c1nccc(-c2cccs2)n1. The molecule has 0 fully saturated rings. The lowest BCUT2D eigenvalue weighted by atomic mass is 10.1. The Morgan fingerprint density at radius 3 is 2.73 bits per heavy atom. The highest BCUT2D eigenvalue weighted by Crippen LogP contribution is 2.23. The lowest BCUT2D eigenvalue weighted by Crippen LogP contribution is -2.31. The second-order valence-electron chi connectivity index (χ2n) is 3.96. The number of nitrogens with zero attached hydrogens (tertiary/aromatic N) is 2. The second-order valence-corrected chi connectivity index (χ2v) is 4.91. The van der Waals surface area contributed by atoms with Gasteiger partial charge in [0.05, 0.1) is 16.1 Å². The zero-order valence-corrected chi connectivity index (χ0v) is 9.58. The van der Waals surface area contributed by atoms with Crippen LogP contribution in [-0.4, -0.2) is 9.97 Å². The molecule has 0 aromatic carbocycles. The van der Waals surface area contributed by atoms with Crippen molar-refractivity contribution in [3.05, 3.63) is 35.6 Å². The van der Waals surface area contributed by atoms with Crippen LogP contribution in [-0.2, 0) is 5.54 Å². The molecule has 0 aliphatic heterocycles. The number of rotatable bonds is 2. The predicted octanol–water partition coefficient (Wildman–Crippen LogP) is 2.40. The summed E-state index contributed by atoms with van der Waals surface area (Å²) in [6.45, 7) is 3.81. The molecule has 0 radical (unpaired) electrons. The van der Waals surface area contributed by atoms with E-state index < -0.39 is 5.54 Å². The van der Waals surface area contributed by atoms with Crippen LogP contribution in [0.5, 0.6) is 0 Å². The highest BCUT2D eigenvalue weighted by molar-refractivity contribution is 7.13. The average molecular weight is 219 g/mol. The van der Waals surface area contributed by atoms with Crippen molar-refractivity contribution in [1.82, 2.24) is 9.97 Å². The van der Waals surface area contributed by atoms with Gasteiger partial charge in [-0.15, -0.1) is 11.3 Å². The van der Waals surface area contributed by atoms with Crippen molar-refractivity contribution in [2.75, 3.05) is 0 Å². The molecule has 2 aromatic rings. The third-order valence-electron chi connectivity index (χ3n) is 2.01. The molecule has 0 aliphatic rings. The summed E-state index contributed by atoms with van der Waals surface area (Å²) in [7, 11) is 0. The van der Waals surface area contributed by atoms with E-state index in [0.717, 1.165) is 10.6 Å². The summed E-state index contributed by atoms with van der Waals surface area (Å²) in [4.78, 5) is 9.79. The van der Waals surface area contributed by atoms with Gasteiger partial charge in [0.15, 0.2) is 0 Å². The molecular weight excluding hydrogens is 206 g/mol. The topological polar surface area (TPSA) is 51.8 Å². The van der Waals surface area contributed by atoms with Gasteiger partial charge in [0, 0.05) is 6.20 Å². The first kappa shape index (κ1) is 10.3. The maximum atomic E-state index is 5.96. The molecule has 0 spiro atoms. The Morgan fingerprint density at radius 1 is 1.33 bits per heavy atom. The van der Waals surface area contributed by atoms with Crippen LogP contribution in [0.3, 0.4) is 0 Å². The Labute approximate surface area is 93.0 Å². The summed E-state index contributed by atoms with van der Waals surface area (Å²) in [6, 6.07) is 5.96. The lowest BCUT2D eigenvalue weighted by molar-refractivity contribution is 0.514. The summed E-state index contributed by atoms with van der Waals surface area (Å²) in [6.07, 6.45) is 1.76. The van der Waals surface area contributed by atoms with Crippen molar-refractivity contribution in [2.45, 2.75) is 19.4 Å². The molecule has 0 aliphatic carbocycles. The maximum Gasteiger partial charge on any atom is 0.148 e. The van der Waals surface area contributed by atoms with Crippen LogP contribution >= 0.6 is 11.3 Å². The summed E-state index contributed by atoms with van der Waals surface area (Å²) in [5.41, 5.74) is 6.40. The number of hydrogen-bond acceptors (Lipinski definition) is 4. The van der Waals surface area contributed by atoms with Crippen molar-refractivity contribution in [2.24, 2.45) is 5.73 Å². The van der Waals surface area contributed by atoms with Gasteiger partial charge in [-0.25, -0.2) is 9.97 Å². The molecule has 78 valence electrons. The summed E-state index contributed by atoms with van der Waals surface area (Å²) < 4.78 is 0. The zero-order chi connectivity index (χ0) is 10.9. The first-order valence-corrected chi connectivity index (χ1v) is 5.61. The Hall–Kier alpha value is -1.26. The third kappa shape index (κ3) is 2.22. The van der Waals surface area contributed by atoms with E-state index in [9.17, 15) is 0 Å². The van der Waals surface area contributed by atoms with E-state index in [0.29, 0.717) is 5.82 Å². The number of aromatic nitrogens is 2. The largest absolute Gasteiger partial charge is 0.319 e. The van der Waals surface area contributed by atoms with E-state index in [2.05, 4.69) is 9.97 Å². The number of hydrogen-bond donors (Lipinski definition) is 1. The predicted molar refractivity (Wildman–Crippen MR) is 62.6 cm³/mol. The molecule has 0 saturated carbocycles. The molecule has 0 unspecified atom stereocenters. The molecule has 2 N–H and O–H groups in total. The van der Waals surface area contributed by atoms with Gasteiger partial charge >= 0.3 is 0 Å². The molecule has 3 nitrogen and oxygen atoms in total. The molecule has 0 bridgehead atoms. The normalized spacial score (nSPS) is 11.7. The van der Waals surface area contributed by atoms with Crippen molar-refractivity contribution < 1.29 is 0 Å². The third-order valence-corrected chi connectivity index (χ3v) is 2.90. The lowest BCUT2D eigenvalue weighted by Gasteiger charge is -2.16. The van der Waals surface area contributed by atoms with Crippen molar-refractivity contribution in [3.8, 4) is 10.6 Å². The van der Waals surface area contributed by atoms with Gasteiger partial charge in [-0.1, -0.05) is 6.07 Å². The maximum absolute atomic E-state index is 5.96. The first-order chi connectivity index (χ1) is 7.07. The molecule has 0 saturated heterocycles. The standard InChI is InChI=1S/C11H13N3S/c1-11(2,12)10-13-6-5-8(14-10)9-4-3-7-15-9/h3-7H,12H2,1-2H3. The van der Waals surface area contributed by atoms with Crippen LogP contribution in [0.25, 0.3) is 10.6 Å². The van der Waals surface area contributed by atoms with Gasteiger partial charge in [-0.3, -0.25) is 0 Å². The van der Waals surface area contributed by atoms with Crippen LogP contribution in [0.15, 0.2) is 29.8 Å². The molecule has 15 heavy (non-hydrogen) atoms. The monoisotopic (exact) mass is 219 g/mol. The van der Waals surface area contributed by atoms with E-state index in [1.807, 2.05) is 37.4 Å². The van der Waals surface area contributed by atoms with Gasteiger partial charge in [-0.2, -0.15) is 0 Å². The van der Waals surface area contributed by atoms with Crippen molar-refractivity contribution in [1.29, 1.82) is 0 Å². The number of nitrogens with two attached hydrogens (primary N) is 1. The average Bonchev–Trinajstić information content (AvgIpc) is 2.69. The smallest absolute Gasteiger partial charge is 0.148 e. The summed E-state index contributed by atoms with van der Waals surface area (Å²) in [5, 5.41) is 2.03. The van der Waals surface area contributed by atoms with E-state index in [-0.39, 0.29) is 0 Å². The van der Waals surface area contributed by atoms with Gasteiger partial charge in [-0.05, 0) is 31.4 Å². The highest BCUT2D eigenvalue weighted by atomic mass is 32.1. The molecule has 2 rings (SSSR count). The Kier molecular flexibility index (Phi) is 2.54. The fourth-order valence-electron chi connectivity index (χ4n) is 1.23. The minimum atomic E-state index is -0.493. The Bertz CT molecular complexity index is 443. The van der Waals surface area contributed by atoms with Crippen molar-refractivity contribution >= 4 is 11.3 Å². The van der Waals surface area contributed by atoms with Gasteiger partial charge < -0.3 is 5.73 Å². The van der Waals surface area contributed by atoms with E-state index >= 15 is 0 Å². The fourth-order valence-corrected chi connectivity index (χ4v) is 1.93. The minimum Gasteiger partial charge on any atom is -0.319 e. The van der Waals surface area contributed by atoms with Crippen LogP contribution in [0, 0.1) is 0 Å². The zero-order valence-electron chi connectivity index (χ0n) is 8.77. The number of thiophene rings is 1. The van der Waals surface area contributed by atoms with E-state index in [1.165, 1.54) is 0 Å². The van der Waals surface area contributed by atoms with Crippen LogP contribution in [0.1, 0.15) is 19.7 Å². The molecular formula is C11H13N3S. The Morgan fingerprint density at radius 2 is 2.13 bits per heavy atom. The Balaban J connectivity index is 2.44. The van der Waals surface area contributed by atoms with Gasteiger partial charge in [0.25, 0.3) is 0 Å². The fraction of sp³-hybridized carbons (Fsp3) is 0.273. The summed E-state index contributed by atoms with van der Waals surface area (Å²) >= 11 is 1.66. The van der Waals surface area contributed by atoms with Gasteiger partial charge in [0.2, 0.25) is 0 Å². The van der Waals surface area contributed by atoms with Crippen molar-refractivity contribution in [3.63, 3.8) is 0 Å². The van der Waals surface area contributed by atoms with E-state index in [1.54, 1.807) is 17.5 Å².